The number of ether oxygens (including phenoxy) is 1. The molecule has 0 aliphatic rings. The summed E-state index contributed by atoms with van der Waals surface area (Å²) in [7, 11) is 1.60. The van der Waals surface area contributed by atoms with E-state index in [0.29, 0.717) is 12.8 Å². The maximum Gasteiger partial charge on any atom is 0.308 e. The zero-order valence-corrected chi connectivity index (χ0v) is 16.1. The zero-order valence-electron chi connectivity index (χ0n) is 16.1. The molecule has 2 aromatic rings. The molecule has 2 N–H and O–H groups in total. The van der Waals surface area contributed by atoms with Crippen LogP contribution in [0.15, 0.2) is 48.5 Å². The van der Waals surface area contributed by atoms with Crippen molar-refractivity contribution in [3.05, 3.63) is 65.2 Å². The van der Waals surface area contributed by atoms with Gasteiger partial charge < -0.3 is 15.2 Å². The number of rotatable bonds is 9. The molecular weight excluding hydrogens is 342 g/mol. The normalized spacial score (nSPS) is 12.9. The maximum absolute atomic E-state index is 12.6. The summed E-state index contributed by atoms with van der Waals surface area (Å²) in [4.78, 5) is 24.2. The van der Waals surface area contributed by atoms with Gasteiger partial charge in [0.05, 0.1) is 18.9 Å². The van der Waals surface area contributed by atoms with Crippen LogP contribution in [-0.2, 0) is 16.0 Å². The maximum atomic E-state index is 12.6. The highest BCUT2D eigenvalue weighted by molar-refractivity contribution is 5.84. The highest BCUT2D eigenvalue weighted by Gasteiger charge is 2.23. The van der Waals surface area contributed by atoms with Crippen molar-refractivity contribution in [3.63, 3.8) is 0 Å². The van der Waals surface area contributed by atoms with E-state index in [-0.39, 0.29) is 18.4 Å². The number of carbonyl (C=O) groups is 2. The molecule has 1 amide bonds. The number of amides is 1. The molecule has 0 saturated carbocycles. The van der Waals surface area contributed by atoms with E-state index in [2.05, 4.69) is 5.32 Å². The van der Waals surface area contributed by atoms with Gasteiger partial charge in [0.1, 0.15) is 5.75 Å². The number of benzene rings is 2. The van der Waals surface area contributed by atoms with Crippen LogP contribution in [0.25, 0.3) is 0 Å². The molecule has 0 spiro atoms. The van der Waals surface area contributed by atoms with Gasteiger partial charge in [-0.05, 0) is 43.0 Å². The molecule has 0 fully saturated rings. The lowest BCUT2D eigenvalue weighted by atomic mass is 9.94. The van der Waals surface area contributed by atoms with E-state index in [1.807, 2.05) is 62.4 Å². The average Bonchev–Trinajstić information content (AvgIpc) is 2.66. The summed E-state index contributed by atoms with van der Waals surface area (Å²) in [6.45, 7) is 4.02. The Kier molecular flexibility index (Phi) is 7.41. The van der Waals surface area contributed by atoms with Crippen molar-refractivity contribution in [1.29, 1.82) is 0 Å². The lowest BCUT2D eigenvalue weighted by Gasteiger charge is -2.18. The van der Waals surface area contributed by atoms with E-state index in [1.165, 1.54) is 0 Å². The minimum atomic E-state index is -0.908. The smallest absolute Gasteiger partial charge is 0.308 e. The topological polar surface area (TPSA) is 75.6 Å². The molecule has 0 bridgehead atoms. The molecule has 0 aliphatic heterocycles. The standard InChI is InChI=1S/C22H27NO4/c1-4-20(17-8-10-19(27-3)11-9-17)21(24)23-14-18(22(25)26)13-16-7-5-6-15(2)12-16/h5-12,18,20H,4,13-14H2,1-3H3,(H,23,24)(H,25,26). The largest absolute Gasteiger partial charge is 0.497 e. The van der Waals surface area contributed by atoms with Crippen LogP contribution in [0.3, 0.4) is 0 Å². The molecule has 27 heavy (non-hydrogen) atoms. The molecule has 2 atom stereocenters. The van der Waals surface area contributed by atoms with Crippen LogP contribution in [0.5, 0.6) is 5.75 Å². The molecule has 0 radical (unpaired) electrons. The highest BCUT2D eigenvalue weighted by Crippen LogP contribution is 2.22. The van der Waals surface area contributed by atoms with Crippen molar-refractivity contribution >= 4 is 11.9 Å². The fraction of sp³-hybridized carbons (Fsp3) is 0.364. The van der Waals surface area contributed by atoms with Gasteiger partial charge >= 0.3 is 5.97 Å². The number of aryl methyl sites for hydroxylation is 1. The van der Waals surface area contributed by atoms with Crippen molar-refractivity contribution in [1.82, 2.24) is 5.32 Å². The molecule has 0 heterocycles. The van der Waals surface area contributed by atoms with Gasteiger partial charge in [-0.15, -0.1) is 0 Å². The lowest BCUT2D eigenvalue weighted by Crippen LogP contribution is -2.36. The molecule has 5 nitrogen and oxygen atoms in total. The Balaban J connectivity index is 2.01. The van der Waals surface area contributed by atoms with Crippen molar-refractivity contribution in [2.45, 2.75) is 32.6 Å². The summed E-state index contributed by atoms with van der Waals surface area (Å²) in [5, 5.41) is 12.3. The fourth-order valence-electron chi connectivity index (χ4n) is 3.13. The predicted octanol–water partition coefficient (Wildman–Crippen LogP) is 3.56. The Hall–Kier alpha value is -2.82. The molecule has 0 aliphatic carbocycles. The molecule has 5 heteroatoms. The molecular formula is C22H27NO4. The number of hydrogen-bond acceptors (Lipinski definition) is 3. The Labute approximate surface area is 160 Å². The lowest BCUT2D eigenvalue weighted by molar-refractivity contribution is -0.141. The molecule has 2 aromatic carbocycles. The number of carbonyl (C=O) groups excluding carboxylic acids is 1. The Bertz CT molecular complexity index is 770. The van der Waals surface area contributed by atoms with Crippen LogP contribution >= 0.6 is 0 Å². The number of methoxy groups -OCH3 is 1. The Morgan fingerprint density at radius 3 is 2.41 bits per heavy atom. The van der Waals surface area contributed by atoms with Gasteiger partial charge in [0.15, 0.2) is 0 Å². The molecule has 2 rings (SSSR count). The summed E-state index contributed by atoms with van der Waals surface area (Å²) < 4.78 is 5.15. The van der Waals surface area contributed by atoms with Crippen molar-refractivity contribution in [2.75, 3.05) is 13.7 Å². The van der Waals surface area contributed by atoms with Gasteiger partial charge in [-0.2, -0.15) is 0 Å². The third-order valence-corrected chi connectivity index (χ3v) is 4.68. The van der Waals surface area contributed by atoms with E-state index in [9.17, 15) is 14.7 Å². The molecule has 144 valence electrons. The number of aliphatic carboxylic acids is 1. The Morgan fingerprint density at radius 2 is 1.85 bits per heavy atom. The van der Waals surface area contributed by atoms with E-state index in [4.69, 9.17) is 4.74 Å². The fourth-order valence-corrected chi connectivity index (χ4v) is 3.13. The van der Waals surface area contributed by atoms with Gasteiger partial charge in [0, 0.05) is 6.54 Å². The summed E-state index contributed by atoms with van der Waals surface area (Å²) in [5.41, 5.74) is 2.94. The first-order chi connectivity index (χ1) is 12.9. The number of nitrogens with one attached hydrogen (secondary N) is 1. The van der Waals surface area contributed by atoms with Gasteiger partial charge in [0.2, 0.25) is 5.91 Å². The van der Waals surface area contributed by atoms with Crippen molar-refractivity contribution < 1.29 is 19.4 Å². The summed E-state index contributed by atoms with van der Waals surface area (Å²) >= 11 is 0. The first-order valence-electron chi connectivity index (χ1n) is 9.14. The van der Waals surface area contributed by atoms with Crippen LogP contribution in [0.1, 0.15) is 36.0 Å². The average molecular weight is 369 g/mol. The summed E-state index contributed by atoms with van der Waals surface area (Å²) in [5.74, 6) is -1.31. The van der Waals surface area contributed by atoms with Crippen LogP contribution < -0.4 is 10.1 Å². The van der Waals surface area contributed by atoms with Gasteiger partial charge in [0.25, 0.3) is 0 Å². The Morgan fingerprint density at radius 1 is 1.15 bits per heavy atom. The number of hydrogen-bond donors (Lipinski definition) is 2. The van der Waals surface area contributed by atoms with Gasteiger partial charge in [-0.1, -0.05) is 48.9 Å². The second-order valence-electron chi connectivity index (χ2n) is 6.71. The monoisotopic (exact) mass is 369 g/mol. The molecule has 2 unspecified atom stereocenters. The van der Waals surface area contributed by atoms with Crippen LogP contribution in [0, 0.1) is 12.8 Å². The van der Waals surface area contributed by atoms with Crippen molar-refractivity contribution in [2.24, 2.45) is 5.92 Å². The van der Waals surface area contributed by atoms with E-state index < -0.39 is 11.9 Å². The minimum absolute atomic E-state index is 0.106. The van der Waals surface area contributed by atoms with Crippen LogP contribution in [-0.4, -0.2) is 30.6 Å². The van der Waals surface area contributed by atoms with Gasteiger partial charge in [-0.25, -0.2) is 0 Å². The number of carboxylic acid groups (broad SMARTS) is 1. The summed E-state index contributed by atoms with van der Waals surface area (Å²) in [6, 6.07) is 15.2. The molecule has 0 aromatic heterocycles. The van der Waals surface area contributed by atoms with Crippen molar-refractivity contribution in [3.8, 4) is 5.75 Å². The second-order valence-corrected chi connectivity index (χ2v) is 6.71. The van der Waals surface area contributed by atoms with Crippen LogP contribution in [0.4, 0.5) is 0 Å². The first-order valence-corrected chi connectivity index (χ1v) is 9.14. The SMILES string of the molecule is CCC(C(=O)NCC(Cc1cccc(C)c1)C(=O)O)c1ccc(OC)cc1. The minimum Gasteiger partial charge on any atom is -0.497 e. The predicted molar refractivity (Wildman–Crippen MR) is 105 cm³/mol. The van der Waals surface area contributed by atoms with E-state index in [1.54, 1.807) is 7.11 Å². The van der Waals surface area contributed by atoms with E-state index in [0.717, 1.165) is 22.4 Å². The molecule has 0 saturated heterocycles. The third-order valence-electron chi connectivity index (χ3n) is 4.68. The quantitative estimate of drug-likeness (QED) is 0.709. The first kappa shape index (κ1) is 20.5. The van der Waals surface area contributed by atoms with Gasteiger partial charge in [-0.3, -0.25) is 9.59 Å². The number of carboxylic acids is 1. The van der Waals surface area contributed by atoms with E-state index >= 15 is 0 Å². The van der Waals surface area contributed by atoms with Crippen LogP contribution in [0.2, 0.25) is 0 Å². The third kappa shape index (κ3) is 5.84. The highest BCUT2D eigenvalue weighted by atomic mass is 16.5. The second kappa shape index (κ2) is 9.76. The zero-order chi connectivity index (χ0) is 19.8. The summed E-state index contributed by atoms with van der Waals surface area (Å²) in [6.07, 6.45) is 1.02.